The lowest BCUT2D eigenvalue weighted by Crippen LogP contribution is -2.30. The van der Waals surface area contributed by atoms with Crippen molar-refractivity contribution in [3.05, 3.63) is 28.4 Å². The highest BCUT2D eigenvalue weighted by Crippen LogP contribution is 2.27. The van der Waals surface area contributed by atoms with Crippen molar-refractivity contribution in [2.45, 2.75) is 19.3 Å². The largest absolute Gasteiger partial charge is 0.387 e. The summed E-state index contributed by atoms with van der Waals surface area (Å²) in [7, 11) is 0. The third-order valence-electron chi connectivity index (χ3n) is 2.64. The highest BCUT2D eigenvalue weighted by Gasteiger charge is 2.21. The highest BCUT2D eigenvalue weighted by molar-refractivity contribution is 5.59. The van der Waals surface area contributed by atoms with Crippen LogP contribution in [-0.2, 0) is 0 Å². The Hall–Kier alpha value is -1.65. The maximum atomic E-state index is 10.8. The molecule has 1 aliphatic rings. The zero-order chi connectivity index (χ0) is 10.7. The Morgan fingerprint density at radius 1 is 1.33 bits per heavy atom. The Kier molecular flexibility index (Phi) is 2.80. The summed E-state index contributed by atoms with van der Waals surface area (Å²) in [5.74, 6) is -0.0283. The SMILES string of the molecule is O=[N+]([O-])c1ncccc1N1CCCCC1. The molecule has 0 radical (unpaired) electrons. The number of hydrogen-bond acceptors (Lipinski definition) is 4. The molecule has 0 spiro atoms. The molecule has 2 heterocycles. The van der Waals surface area contributed by atoms with Gasteiger partial charge < -0.3 is 15.0 Å². The Morgan fingerprint density at radius 3 is 2.73 bits per heavy atom. The minimum atomic E-state index is -0.413. The first kappa shape index (κ1) is 9.89. The molecule has 15 heavy (non-hydrogen) atoms. The molecule has 0 bridgehead atoms. The van der Waals surface area contributed by atoms with Crippen LogP contribution in [-0.4, -0.2) is 23.0 Å². The summed E-state index contributed by atoms with van der Waals surface area (Å²) in [6.45, 7) is 1.79. The molecule has 5 nitrogen and oxygen atoms in total. The fourth-order valence-electron chi connectivity index (χ4n) is 1.91. The van der Waals surface area contributed by atoms with Crippen LogP contribution in [0.15, 0.2) is 18.3 Å². The molecule has 1 aromatic rings. The number of hydrogen-bond donors (Lipinski definition) is 0. The van der Waals surface area contributed by atoms with Crippen LogP contribution in [0.5, 0.6) is 0 Å². The van der Waals surface area contributed by atoms with Gasteiger partial charge in [0, 0.05) is 13.1 Å². The first-order valence-corrected chi connectivity index (χ1v) is 5.13. The van der Waals surface area contributed by atoms with Gasteiger partial charge in [-0.25, -0.2) is 0 Å². The first-order valence-electron chi connectivity index (χ1n) is 5.13. The lowest BCUT2D eigenvalue weighted by atomic mass is 10.1. The summed E-state index contributed by atoms with van der Waals surface area (Å²) in [5.41, 5.74) is 0.655. The van der Waals surface area contributed by atoms with Crippen molar-refractivity contribution in [2.75, 3.05) is 18.0 Å². The molecular formula is C10H13N3O2. The molecule has 0 atom stereocenters. The number of pyridine rings is 1. The number of anilines is 1. The smallest absolute Gasteiger partial charge is 0.365 e. The molecule has 0 aliphatic carbocycles. The van der Waals surface area contributed by atoms with Crippen molar-refractivity contribution in [1.29, 1.82) is 0 Å². The Labute approximate surface area is 87.9 Å². The van der Waals surface area contributed by atoms with E-state index in [1.54, 1.807) is 12.1 Å². The average Bonchev–Trinajstić information content (AvgIpc) is 2.30. The lowest BCUT2D eigenvalue weighted by molar-refractivity contribution is -0.388. The average molecular weight is 207 g/mol. The zero-order valence-corrected chi connectivity index (χ0v) is 8.43. The summed E-state index contributed by atoms with van der Waals surface area (Å²) >= 11 is 0. The second-order valence-corrected chi connectivity index (χ2v) is 3.65. The van der Waals surface area contributed by atoms with Gasteiger partial charge in [0.25, 0.3) is 0 Å². The van der Waals surface area contributed by atoms with E-state index in [2.05, 4.69) is 9.88 Å². The Balaban J connectivity index is 2.29. The van der Waals surface area contributed by atoms with Gasteiger partial charge in [-0.1, -0.05) is 0 Å². The fraction of sp³-hybridized carbons (Fsp3) is 0.500. The molecule has 5 heteroatoms. The van der Waals surface area contributed by atoms with Crippen molar-refractivity contribution >= 4 is 11.5 Å². The van der Waals surface area contributed by atoms with E-state index in [0.717, 1.165) is 25.9 Å². The van der Waals surface area contributed by atoms with E-state index in [1.165, 1.54) is 12.6 Å². The quantitative estimate of drug-likeness (QED) is 0.549. The molecule has 0 saturated carbocycles. The van der Waals surface area contributed by atoms with Gasteiger partial charge in [0.15, 0.2) is 0 Å². The topological polar surface area (TPSA) is 59.3 Å². The summed E-state index contributed by atoms with van der Waals surface area (Å²) in [5, 5.41) is 10.8. The third-order valence-corrected chi connectivity index (χ3v) is 2.64. The second-order valence-electron chi connectivity index (χ2n) is 3.65. The van der Waals surface area contributed by atoms with Crippen LogP contribution in [0.2, 0.25) is 0 Å². The van der Waals surface area contributed by atoms with Gasteiger partial charge in [-0.15, -0.1) is 0 Å². The second kappa shape index (κ2) is 4.25. The van der Waals surface area contributed by atoms with E-state index in [1.807, 2.05) is 0 Å². The summed E-state index contributed by atoms with van der Waals surface area (Å²) < 4.78 is 0. The number of piperidine rings is 1. The van der Waals surface area contributed by atoms with Gasteiger partial charge in [-0.2, -0.15) is 0 Å². The molecule has 0 aromatic carbocycles. The van der Waals surface area contributed by atoms with Gasteiger partial charge in [-0.3, -0.25) is 0 Å². The van der Waals surface area contributed by atoms with Crippen LogP contribution in [0, 0.1) is 10.1 Å². The van der Waals surface area contributed by atoms with Gasteiger partial charge in [0.05, 0.1) is 0 Å². The van der Waals surface area contributed by atoms with Gasteiger partial charge in [-0.05, 0) is 41.3 Å². The number of nitro groups is 1. The molecule has 0 N–H and O–H groups in total. The molecule has 1 fully saturated rings. The molecule has 1 aromatic heterocycles. The summed E-state index contributed by atoms with van der Waals surface area (Å²) in [6, 6.07) is 3.52. The fourth-order valence-corrected chi connectivity index (χ4v) is 1.91. The van der Waals surface area contributed by atoms with E-state index in [0.29, 0.717) is 5.69 Å². The van der Waals surface area contributed by atoms with Gasteiger partial charge in [0.2, 0.25) is 0 Å². The molecule has 1 saturated heterocycles. The highest BCUT2D eigenvalue weighted by atomic mass is 16.6. The zero-order valence-electron chi connectivity index (χ0n) is 8.43. The standard InChI is InChI=1S/C10H13N3O2/c14-13(15)10-9(5-4-6-11-10)12-7-2-1-3-8-12/h4-6H,1-3,7-8H2. The summed E-state index contributed by atoms with van der Waals surface area (Å²) in [6.07, 6.45) is 4.88. The third kappa shape index (κ3) is 2.06. The number of rotatable bonds is 2. The van der Waals surface area contributed by atoms with E-state index in [-0.39, 0.29) is 5.82 Å². The Bertz CT molecular complexity index is 361. The van der Waals surface area contributed by atoms with Crippen LogP contribution < -0.4 is 4.90 Å². The van der Waals surface area contributed by atoms with E-state index in [4.69, 9.17) is 0 Å². The summed E-state index contributed by atoms with van der Waals surface area (Å²) in [4.78, 5) is 16.2. The van der Waals surface area contributed by atoms with Crippen LogP contribution in [0.4, 0.5) is 11.5 Å². The van der Waals surface area contributed by atoms with E-state index < -0.39 is 4.92 Å². The van der Waals surface area contributed by atoms with Crippen LogP contribution in [0.25, 0.3) is 0 Å². The predicted molar refractivity (Wildman–Crippen MR) is 57.0 cm³/mol. The molecule has 0 amide bonds. The van der Waals surface area contributed by atoms with Crippen molar-refractivity contribution in [1.82, 2.24) is 4.98 Å². The van der Waals surface area contributed by atoms with Gasteiger partial charge in [0.1, 0.15) is 11.9 Å². The maximum Gasteiger partial charge on any atom is 0.387 e. The van der Waals surface area contributed by atoms with Crippen LogP contribution >= 0.6 is 0 Å². The number of aromatic nitrogens is 1. The lowest BCUT2D eigenvalue weighted by Gasteiger charge is -2.27. The van der Waals surface area contributed by atoms with Crippen LogP contribution in [0.1, 0.15) is 19.3 Å². The Morgan fingerprint density at radius 2 is 2.07 bits per heavy atom. The van der Waals surface area contributed by atoms with Crippen molar-refractivity contribution in [2.24, 2.45) is 0 Å². The van der Waals surface area contributed by atoms with Crippen molar-refractivity contribution < 1.29 is 4.92 Å². The van der Waals surface area contributed by atoms with E-state index >= 15 is 0 Å². The maximum absolute atomic E-state index is 10.8. The predicted octanol–water partition coefficient (Wildman–Crippen LogP) is 1.98. The minimum absolute atomic E-state index is 0.0283. The van der Waals surface area contributed by atoms with Crippen molar-refractivity contribution in [3.8, 4) is 0 Å². The molecule has 0 unspecified atom stereocenters. The molecule has 1 aliphatic heterocycles. The minimum Gasteiger partial charge on any atom is -0.365 e. The van der Waals surface area contributed by atoms with E-state index in [9.17, 15) is 10.1 Å². The molecule has 2 rings (SSSR count). The normalized spacial score (nSPS) is 16.4. The monoisotopic (exact) mass is 207 g/mol. The number of nitrogens with zero attached hydrogens (tertiary/aromatic N) is 3. The molecular weight excluding hydrogens is 194 g/mol. The van der Waals surface area contributed by atoms with Gasteiger partial charge >= 0.3 is 5.82 Å². The first-order chi connectivity index (χ1) is 7.29. The van der Waals surface area contributed by atoms with Crippen molar-refractivity contribution in [3.63, 3.8) is 0 Å². The molecule has 80 valence electrons. The van der Waals surface area contributed by atoms with Crippen LogP contribution in [0.3, 0.4) is 0 Å².